The summed E-state index contributed by atoms with van der Waals surface area (Å²) in [4.78, 5) is 0. The average molecular weight is 260 g/mol. The Kier molecular flexibility index (Phi) is 5.81. The fourth-order valence-electron chi connectivity index (χ4n) is 2.35. The first-order valence-corrected chi connectivity index (χ1v) is 6.73. The van der Waals surface area contributed by atoms with E-state index in [-0.39, 0.29) is 24.4 Å². The van der Waals surface area contributed by atoms with Crippen LogP contribution >= 0.6 is 0 Å². The van der Waals surface area contributed by atoms with Crippen LogP contribution in [0.1, 0.15) is 12.8 Å². The minimum Gasteiger partial charge on any atom is -0.373 e. The molecule has 0 amide bonds. The van der Waals surface area contributed by atoms with Crippen LogP contribution in [0.15, 0.2) is 0 Å². The summed E-state index contributed by atoms with van der Waals surface area (Å²) in [5.74, 6) is 0. The third-order valence-electron chi connectivity index (χ3n) is 3.32. The first kappa shape index (κ1) is 14.2. The van der Waals surface area contributed by atoms with Crippen LogP contribution in [0.2, 0.25) is 0 Å². The van der Waals surface area contributed by atoms with Gasteiger partial charge in [-0.25, -0.2) is 0 Å². The molecule has 4 N–H and O–H groups in total. The highest BCUT2D eigenvalue weighted by atomic mass is 16.6. The van der Waals surface area contributed by atoms with Gasteiger partial charge in [-0.15, -0.1) is 0 Å². The van der Waals surface area contributed by atoms with Gasteiger partial charge < -0.3 is 30.4 Å². The van der Waals surface area contributed by atoms with Crippen molar-refractivity contribution in [1.82, 2.24) is 0 Å². The van der Waals surface area contributed by atoms with E-state index >= 15 is 0 Å². The van der Waals surface area contributed by atoms with Gasteiger partial charge in [0.1, 0.15) is 24.4 Å². The summed E-state index contributed by atoms with van der Waals surface area (Å²) in [7, 11) is 0. The molecule has 0 aromatic rings. The van der Waals surface area contributed by atoms with Gasteiger partial charge in [0, 0.05) is 13.2 Å². The Morgan fingerprint density at radius 1 is 0.833 bits per heavy atom. The molecular formula is C12H24N2O4. The van der Waals surface area contributed by atoms with Gasteiger partial charge in [-0.3, -0.25) is 0 Å². The highest BCUT2D eigenvalue weighted by molar-refractivity contribution is 4.95. The summed E-state index contributed by atoms with van der Waals surface area (Å²) < 4.78 is 22.9. The molecule has 106 valence electrons. The molecule has 2 fully saturated rings. The van der Waals surface area contributed by atoms with Gasteiger partial charge in [-0.2, -0.15) is 0 Å². The molecule has 6 nitrogen and oxygen atoms in total. The Morgan fingerprint density at radius 3 is 1.67 bits per heavy atom. The zero-order valence-corrected chi connectivity index (χ0v) is 10.8. The molecular weight excluding hydrogens is 236 g/mol. The van der Waals surface area contributed by atoms with Crippen molar-refractivity contribution in [2.24, 2.45) is 11.5 Å². The van der Waals surface area contributed by atoms with Gasteiger partial charge in [0.2, 0.25) is 0 Å². The van der Waals surface area contributed by atoms with Crippen molar-refractivity contribution in [2.45, 2.75) is 37.3 Å². The summed E-state index contributed by atoms with van der Waals surface area (Å²) >= 11 is 0. The van der Waals surface area contributed by atoms with Crippen LogP contribution in [0, 0.1) is 0 Å². The van der Waals surface area contributed by atoms with Crippen molar-refractivity contribution in [3.8, 4) is 0 Å². The Morgan fingerprint density at radius 2 is 1.28 bits per heavy atom. The van der Waals surface area contributed by atoms with E-state index in [1.165, 1.54) is 0 Å². The maximum atomic E-state index is 5.73. The lowest BCUT2D eigenvalue weighted by Crippen LogP contribution is -2.34. The zero-order valence-electron chi connectivity index (χ0n) is 10.8. The highest BCUT2D eigenvalue weighted by Crippen LogP contribution is 2.30. The summed E-state index contributed by atoms with van der Waals surface area (Å²) in [5, 5.41) is 0. The van der Waals surface area contributed by atoms with Gasteiger partial charge in [0.05, 0.1) is 13.2 Å². The molecule has 0 aliphatic carbocycles. The van der Waals surface area contributed by atoms with Crippen molar-refractivity contribution in [3.05, 3.63) is 0 Å². The molecule has 4 atom stereocenters. The van der Waals surface area contributed by atoms with E-state index in [1.807, 2.05) is 0 Å². The third kappa shape index (κ3) is 3.40. The maximum absolute atomic E-state index is 5.73. The molecule has 0 aromatic carbocycles. The Bertz CT molecular complexity index is 218. The van der Waals surface area contributed by atoms with Crippen molar-refractivity contribution < 1.29 is 18.9 Å². The second-order valence-electron chi connectivity index (χ2n) is 4.70. The molecule has 0 bridgehead atoms. The first-order chi connectivity index (χ1) is 8.86. The molecule has 2 aliphatic rings. The summed E-state index contributed by atoms with van der Waals surface area (Å²) in [5.41, 5.74) is 10.9. The predicted molar refractivity (Wildman–Crippen MR) is 66.3 cm³/mol. The summed E-state index contributed by atoms with van der Waals surface area (Å²) in [6, 6.07) is 0. The van der Waals surface area contributed by atoms with Crippen LogP contribution < -0.4 is 11.5 Å². The Balaban J connectivity index is 1.72. The predicted octanol–water partition coefficient (Wildman–Crippen LogP) is -0.748. The number of ether oxygens (including phenoxy) is 4. The zero-order chi connectivity index (χ0) is 12.8. The smallest absolute Gasteiger partial charge is 0.115 e. The number of hydrogen-bond donors (Lipinski definition) is 2. The van der Waals surface area contributed by atoms with Crippen LogP contribution in [-0.2, 0) is 18.9 Å². The fourth-order valence-corrected chi connectivity index (χ4v) is 2.35. The van der Waals surface area contributed by atoms with Crippen LogP contribution in [0.5, 0.6) is 0 Å². The van der Waals surface area contributed by atoms with E-state index in [2.05, 4.69) is 0 Å². The number of rotatable bonds is 8. The minimum atomic E-state index is 0.00523. The van der Waals surface area contributed by atoms with Gasteiger partial charge in [-0.05, 0) is 25.9 Å². The van der Waals surface area contributed by atoms with E-state index in [0.29, 0.717) is 39.5 Å². The van der Waals surface area contributed by atoms with Crippen LogP contribution in [0.4, 0.5) is 0 Å². The van der Waals surface area contributed by atoms with E-state index < -0.39 is 0 Å². The summed E-state index contributed by atoms with van der Waals surface area (Å²) in [6.45, 7) is 3.78. The minimum absolute atomic E-state index is 0.00523. The number of hydrogen-bond acceptors (Lipinski definition) is 6. The second-order valence-corrected chi connectivity index (χ2v) is 4.70. The molecule has 2 aliphatic heterocycles. The average Bonchev–Trinajstić information content (AvgIpc) is 2.94. The normalized spacial score (nSPS) is 35.0. The van der Waals surface area contributed by atoms with Gasteiger partial charge in [0.25, 0.3) is 0 Å². The van der Waals surface area contributed by atoms with Crippen molar-refractivity contribution in [1.29, 1.82) is 0 Å². The highest BCUT2D eigenvalue weighted by Gasteiger charge is 2.48. The lowest BCUT2D eigenvalue weighted by Gasteiger charge is -2.17. The largest absolute Gasteiger partial charge is 0.373 e. The van der Waals surface area contributed by atoms with Crippen molar-refractivity contribution in [2.75, 3.05) is 39.5 Å². The van der Waals surface area contributed by atoms with E-state index in [4.69, 9.17) is 30.4 Å². The Labute approximate surface area is 108 Å². The van der Waals surface area contributed by atoms with E-state index in [0.717, 1.165) is 12.8 Å². The van der Waals surface area contributed by atoms with E-state index in [1.54, 1.807) is 0 Å². The quantitative estimate of drug-likeness (QED) is 0.558. The Hall–Kier alpha value is -0.240. The number of nitrogens with two attached hydrogens (primary N) is 2. The van der Waals surface area contributed by atoms with Crippen molar-refractivity contribution >= 4 is 0 Å². The SMILES string of the molecule is NCCCO[C@@H]1CO[C@@H]2[C@H]1OC[C@H]2OCCCN. The first-order valence-electron chi connectivity index (χ1n) is 6.73. The van der Waals surface area contributed by atoms with Crippen LogP contribution in [0.3, 0.4) is 0 Å². The summed E-state index contributed by atoms with van der Waals surface area (Å²) in [6.07, 6.45) is 1.78. The molecule has 0 radical (unpaired) electrons. The molecule has 0 unspecified atom stereocenters. The molecule has 2 rings (SSSR count). The van der Waals surface area contributed by atoms with E-state index in [9.17, 15) is 0 Å². The van der Waals surface area contributed by atoms with Gasteiger partial charge in [-0.1, -0.05) is 0 Å². The molecule has 0 saturated carbocycles. The monoisotopic (exact) mass is 260 g/mol. The lowest BCUT2D eigenvalue weighted by molar-refractivity contribution is -0.0503. The standard InChI is InChI=1S/C12H24N2O4/c13-3-1-5-15-9-7-17-12-10(8-18-11(9)12)16-6-2-4-14/h9-12H,1-8,13-14H2/t9-,10-,11+,12+/m1/s1. The number of fused-ring (bicyclic) bond motifs is 1. The second kappa shape index (κ2) is 7.37. The lowest BCUT2D eigenvalue weighted by atomic mass is 10.1. The van der Waals surface area contributed by atoms with Gasteiger partial charge in [0.15, 0.2) is 0 Å². The molecule has 2 heterocycles. The maximum Gasteiger partial charge on any atom is 0.115 e. The fraction of sp³-hybridized carbons (Fsp3) is 1.00. The van der Waals surface area contributed by atoms with Crippen LogP contribution in [0.25, 0.3) is 0 Å². The van der Waals surface area contributed by atoms with Crippen LogP contribution in [-0.4, -0.2) is 63.9 Å². The molecule has 0 spiro atoms. The van der Waals surface area contributed by atoms with Crippen molar-refractivity contribution in [3.63, 3.8) is 0 Å². The molecule has 2 saturated heterocycles. The molecule has 18 heavy (non-hydrogen) atoms. The van der Waals surface area contributed by atoms with Gasteiger partial charge >= 0.3 is 0 Å². The molecule has 0 aromatic heterocycles. The topological polar surface area (TPSA) is 89.0 Å². The third-order valence-corrected chi connectivity index (χ3v) is 3.32. The molecule has 6 heteroatoms.